The number of nitrogens with zero attached hydrogens (tertiary/aromatic N) is 1. The highest BCUT2D eigenvalue weighted by Crippen LogP contribution is 2.34. The molecule has 0 radical (unpaired) electrons. The largest absolute Gasteiger partial charge is 0.315 e. The molecule has 1 heterocycles. The van der Waals surface area contributed by atoms with Crippen molar-refractivity contribution < 1.29 is 4.79 Å². The predicted molar refractivity (Wildman–Crippen MR) is 72.5 cm³/mol. The van der Waals surface area contributed by atoms with E-state index in [9.17, 15) is 4.79 Å². The predicted octanol–water partition coefficient (Wildman–Crippen LogP) is 2.40. The van der Waals surface area contributed by atoms with Gasteiger partial charge in [-0.1, -0.05) is 30.4 Å². The minimum atomic E-state index is 0.162. The molecule has 1 atom stereocenters. The molecule has 94 valence electrons. The number of hydrogen-bond donors (Lipinski definition) is 1. The van der Waals surface area contributed by atoms with Gasteiger partial charge in [0.05, 0.1) is 0 Å². The molecule has 2 aliphatic rings. The Kier molecular flexibility index (Phi) is 2.92. The summed E-state index contributed by atoms with van der Waals surface area (Å²) in [7, 11) is 1.86. The van der Waals surface area contributed by atoms with E-state index in [2.05, 4.69) is 23.5 Å². The monoisotopic (exact) mass is 242 g/mol. The fraction of sp³-hybridized carbons (Fsp3) is 0.400. The molecular formula is C15H18N2O. The molecule has 0 bridgehead atoms. The molecule has 1 aliphatic carbocycles. The third-order valence-electron chi connectivity index (χ3n) is 3.87. The molecule has 18 heavy (non-hydrogen) atoms. The van der Waals surface area contributed by atoms with Crippen LogP contribution in [0.5, 0.6) is 0 Å². The minimum Gasteiger partial charge on any atom is -0.315 e. The van der Waals surface area contributed by atoms with Crippen molar-refractivity contribution in [3.63, 3.8) is 0 Å². The summed E-state index contributed by atoms with van der Waals surface area (Å²) in [5.41, 5.74) is 2.28. The van der Waals surface area contributed by atoms with Crippen LogP contribution in [-0.4, -0.2) is 19.0 Å². The van der Waals surface area contributed by atoms with Gasteiger partial charge in [-0.25, -0.2) is 0 Å². The maximum Gasteiger partial charge on any atom is 0.228 e. The molecule has 3 rings (SSSR count). The number of hydrogen-bond acceptors (Lipinski definition) is 2. The van der Waals surface area contributed by atoms with E-state index in [1.54, 1.807) is 4.90 Å². The van der Waals surface area contributed by atoms with Crippen LogP contribution in [0, 0.1) is 0 Å². The van der Waals surface area contributed by atoms with Gasteiger partial charge in [-0.15, -0.1) is 0 Å². The second-order valence-corrected chi connectivity index (χ2v) is 5.07. The van der Waals surface area contributed by atoms with E-state index in [4.69, 9.17) is 0 Å². The van der Waals surface area contributed by atoms with Crippen LogP contribution in [-0.2, 0) is 4.79 Å². The van der Waals surface area contributed by atoms with Crippen molar-refractivity contribution in [2.45, 2.75) is 31.3 Å². The quantitative estimate of drug-likeness (QED) is 0.808. The summed E-state index contributed by atoms with van der Waals surface area (Å²) in [4.78, 5) is 13.8. The van der Waals surface area contributed by atoms with Crippen LogP contribution < -0.4 is 10.2 Å². The molecule has 1 amide bonds. The normalized spacial score (nSPS) is 23.5. The molecule has 0 spiro atoms. The highest BCUT2D eigenvalue weighted by atomic mass is 16.2. The number of amides is 1. The van der Waals surface area contributed by atoms with Crippen molar-refractivity contribution in [3.8, 4) is 0 Å². The van der Waals surface area contributed by atoms with E-state index in [1.807, 2.05) is 25.2 Å². The van der Waals surface area contributed by atoms with Crippen LogP contribution in [0.25, 0.3) is 0 Å². The number of para-hydroxylation sites is 1. The number of rotatable bonds is 2. The minimum absolute atomic E-state index is 0.162. The van der Waals surface area contributed by atoms with Crippen LogP contribution in [0.2, 0.25) is 0 Å². The molecule has 1 aromatic rings. The highest BCUT2D eigenvalue weighted by molar-refractivity contribution is 5.96. The van der Waals surface area contributed by atoms with Crippen LogP contribution in [0.1, 0.15) is 30.9 Å². The van der Waals surface area contributed by atoms with E-state index in [1.165, 1.54) is 5.56 Å². The molecule has 0 aromatic heterocycles. The summed E-state index contributed by atoms with van der Waals surface area (Å²) in [6.07, 6.45) is 7.12. The van der Waals surface area contributed by atoms with Gasteiger partial charge in [0.2, 0.25) is 5.91 Å². The second kappa shape index (κ2) is 4.58. The van der Waals surface area contributed by atoms with Gasteiger partial charge < -0.3 is 10.2 Å². The summed E-state index contributed by atoms with van der Waals surface area (Å²) < 4.78 is 0. The smallest absolute Gasteiger partial charge is 0.228 e. The summed E-state index contributed by atoms with van der Waals surface area (Å²) in [6.45, 7) is 0. The number of carbonyl (C=O) groups excluding carboxylic acids is 1. The first-order valence-electron chi connectivity index (χ1n) is 6.52. The average molecular weight is 242 g/mol. The molecular weight excluding hydrogens is 224 g/mol. The second-order valence-electron chi connectivity index (χ2n) is 5.07. The lowest BCUT2D eigenvalue weighted by molar-refractivity contribution is -0.119. The van der Waals surface area contributed by atoms with E-state index in [-0.39, 0.29) is 11.9 Å². The number of carbonyl (C=O) groups is 1. The van der Waals surface area contributed by atoms with E-state index < -0.39 is 0 Å². The van der Waals surface area contributed by atoms with Crippen LogP contribution in [0.15, 0.2) is 36.4 Å². The molecule has 0 saturated heterocycles. The Labute approximate surface area is 107 Å². The molecule has 1 aromatic carbocycles. The van der Waals surface area contributed by atoms with Gasteiger partial charge >= 0.3 is 0 Å². The van der Waals surface area contributed by atoms with Gasteiger partial charge in [-0.05, 0) is 24.5 Å². The highest BCUT2D eigenvalue weighted by Gasteiger charge is 2.30. The maximum absolute atomic E-state index is 12.0. The van der Waals surface area contributed by atoms with Gasteiger partial charge in [-0.2, -0.15) is 0 Å². The van der Waals surface area contributed by atoms with Crippen molar-refractivity contribution in [1.29, 1.82) is 0 Å². The van der Waals surface area contributed by atoms with Crippen molar-refractivity contribution in [2.24, 2.45) is 0 Å². The molecule has 1 aliphatic heterocycles. The van der Waals surface area contributed by atoms with Crippen LogP contribution in [0.4, 0.5) is 5.69 Å². The number of benzene rings is 1. The molecule has 0 fully saturated rings. The first-order valence-corrected chi connectivity index (χ1v) is 6.52. The molecule has 1 N–H and O–H groups in total. The summed E-state index contributed by atoms with van der Waals surface area (Å²) in [5, 5.41) is 3.61. The maximum atomic E-state index is 12.0. The lowest BCUT2D eigenvalue weighted by atomic mass is 9.95. The number of fused-ring (bicyclic) bond motifs is 1. The first kappa shape index (κ1) is 11.5. The Morgan fingerprint density at radius 1 is 1.22 bits per heavy atom. The van der Waals surface area contributed by atoms with Gasteiger partial charge in [-0.3, -0.25) is 4.79 Å². The van der Waals surface area contributed by atoms with Crippen LogP contribution >= 0.6 is 0 Å². The molecule has 3 nitrogen and oxygen atoms in total. The molecule has 0 saturated carbocycles. The Hall–Kier alpha value is -1.61. The SMILES string of the molecule is CN1C(=O)CC(NC2CC=CC2)c2ccccc21. The van der Waals surface area contributed by atoms with Gasteiger partial charge in [0, 0.05) is 31.2 Å². The number of anilines is 1. The molecule has 1 unspecified atom stereocenters. The van der Waals surface area contributed by atoms with Gasteiger partial charge in [0.25, 0.3) is 0 Å². The zero-order valence-corrected chi connectivity index (χ0v) is 10.6. The summed E-state index contributed by atoms with van der Waals surface area (Å²) in [5.74, 6) is 0.192. The zero-order valence-electron chi connectivity index (χ0n) is 10.6. The fourth-order valence-electron chi connectivity index (χ4n) is 2.83. The third-order valence-corrected chi connectivity index (χ3v) is 3.87. The third kappa shape index (κ3) is 1.95. The average Bonchev–Trinajstić information content (AvgIpc) is 2.89. The van der Waals surface area contributed by atoms with Gasteiger partial charge in [0.15, 0.2) is 0 Å². The number of nitrogens with one attached hydrogen (secondary N) is 1. The van der Waals surface area contributed by atoms with E-state index >= 15 is 0 Å². The van der Waals surface area contributed by atoms with Crippen molar-refractivity contribution in [1.82, 2.24) is 5.32 Å². The Bertz CT molecular complexity index is 487. The van der Waals surface area contributed by atoms with Crippen molar-refractivity contribution >= 4 is 11.6 Å². The Balaban J connectivity index is 1.86. The zero-order chi connectivity index (χ0) is 12.5. The standard InChI is InChI=1S/C15H18N2O/c1-17-14-9-5-4-8-12(14)13(10-15(17)18)16-11-6-2-3-7-11/h2-5,8-9,11,13,16H,6-7,10H2,1H3. The molecule has 3 heteroatoms. The first-order chi connectivity index (χ1) is 8.75. The van der Waals surface area contributed by atoms with Crippen molar-refractivity contribution in [2.75, 3.05) is 11.9 Å². The van der Waals surface area contributed by atoms with E-state index in [0.717, 1.165) is 18.5 Å². The Morgan fingerprint density at radius 2 is 1.94 bits per heavy atom. The van der Waals surface area contributed by atoms with E-state index in [0.29, 0.717) is 12.5 Å². The summed E-state index contributed by atoms with van der Waals surface area (Å²) >= 11 is 0. The Morgan fingerprint density at radius 3 is 2.72 bits per heavy atom. The summed E-state index contributed by atoms with van der Waals surface area (Å²) in [6, 6.07) is 8.83. The topological polar surface area (TPSA) is 32.3 Å². The van der Waals surface area contributed by atoms with Crippen molar-refractivity contribution in [3.05, 3.63) is 42.0 Å². The lowest BCUT2D eigenvalue weighted by Crippen LogP contribution is -2.40. The van der Waals surface area contributed by atoms with Gasteiger partial charge in [0.1, 0.15) is 0 Å². The van der Waals surface area contributed by atoms with Crippen LogP contribution in [0.3, 0.4) is 0 Å². The lowest BCUT2D eigenvalue weighted by Gasteiger charge is -2.33. The fourth-order valence-corrected chi connectivity index (χ4v) is 2.83.